The fourth-order valence-electron chi connectivity index (χ4n) is 1.86. The van der Waals surface area contributed by atoms with Crippen LogP contribution in [-0.4, -0.2) is 30.2 Å². The monoisotopic (exact) mass is 315 g/mol. The summed E-state index contributed by atoms with van der Waals surface area (Å²) in [5.74, 6) is -0.560. The first-order valence-corrected chi connectivity index (χ1v) is 6.95. The van der Waals surface area contributed by atoms with Crippen molar-refractivity contribution in [3.8, 4) is 11.5 Å². The second-order valence-electron chi connectivity index (χ2n) is 4.78. The largest absolute Gasteiger partial charge is 0.508 e. The number of amides is 1. The van der Waals surface area contributed by atoms with Crippen LogP contribution in [0.1, 0.15) is 17.3 Å². The zero-order valence-corrected chi connectivity index (χ0v) is 12.8. The molecule has 0 saturated carbocycles. The van der Waals surface area contributed by atoms with E-state index in [9.17, 15) is 14.7 Å². The predicted molar refractivity (Wildman–Crippen MR) is 84.6 cm³/mol. The molecule has 6 heteroatoms. The summed E-state index contributed by atoms with van der Waals surface area (Å²) in [6, 6.07) is 12.5. The van der Waals surface area contributed by atoms with Gasteiger partial charge in [-0.2, -0.15) is 0 Å². The van der Waals surface area contributed by atoms with Crippen LogP contribution in [0.2, 0.25) is 0 Å². The van der Waals surface area contributed by atoms with Gasteiger partial charge < -0.3 is 19.9 Å². The maximum atomic E-state index is 12.1. The zero-order chi connectivity index (χ0) is 16.8. The SMILES string of the molecule is COc1ccccc1NC(=O)C(C)OC(=O)c1ccc(O)cc1. The second kappa shape index (κ2) is 7.31. The van der Waals surface area contributed by atoms with E-state index in [1.807, 2.05) is 0 Å². The molecule has 6 nitrogen and oxygen atoms in total. The highest BCUT2D eigenvalue weighted by molar-refractivity contribution is 5.98. The number of esters is 1. The predicted octanol–water partition coefficient (Wildman–Crippen LogP) is 2.58. The van der Waals surface area contributed by atoms with Gasteiger partial charge in [-0.3, -0.25) is 4.79 Å². The van der Waals surface area contributed by atoms with Gasteiger partial charge in [-0.15, -0.1) is 0 Å². The van der Waals surface area contributed by atoms with E-state index < -0.39 is 18.0 Å². The first-order valence-electron chi connectivity index (χ1n) is 6.95. The molecule has 1 unspecified atom stereocenters. The number of anilines is 1. The maximum Gasteiger partial charge on any atom is 0.338 e. The Morgan fingerprint density at radius 1 is 1.09 bits per heavy atom. The second-order valence-corrected chi connectivity index (χ2v) is 4.78. The van der Waals surface area contributed by atoms with Crippen LogP contribution < -0.4 is 10.1 Å². The van der Waals surface area contributed by atoms with E-state index in [1.165, 1.54) is 38.3 Å². The van der Waals surface area contributed by atoms with Crippen molar-refractivity contribution in [1.82, 2.24) is 0 Å². The van der Waals surface area contributed by atoms with Crippen LogP contribution >= 0.6 is 0 Å². The Bertz CT molecular complexity index is 696. The van der Waals surface area contributed by atoms with Crippen molar-refractivity contribution in [2.45, 2.75) is 13.0 Å². The van der Waals surface area contributed by atoms with Crippen molar-refractivity contribution < 1.29 is 24.2 Å². The lowest BCUT2D eigenvalue weighted by molar-refractivity contribution is -0.123. The molecule has 2 aromatic carbocycles. The quantitative estimate of drug-likeness (QED) is 0.828. The number of methoxy groups -OCH3 is 1. The minimum atomic E-state index is -0.985. The van der Waals surface area contributed by atoms with Crippen LogP contribution in [0.25, 0.3) is 0 Å². The van der Waals surface area contributed by atoms with Crippen molar-refractivity contribution >= 4 is 17.6 Å². The van der Waals surface area contributed by atoms with Gasteiger partial charge >= 0.3 is 5.97 Å². The number of phenolic OH excluding ortho intramolecular Hbond substituents is 1. The topological polar surface area (TPSA) is 84.9 Å². The molecule has 0 aliphatic rings. The molecule has 0 saturated heterocycles. The third-order valence-electron chi connectivity index (χ3n) is 3.12. The normalized spacial score (nSPS) is 11.4. The van der Waals surface area contributed by atoms with Crippen molar-refractivity contribution in [1.29, 1.82) is 0 Å². The summed E-state index contributed by atoms with van der Waals surface area (Å²) >= 11 is 0. The Labute approximate surface area is 133 Å². The van der Waals surface area contributed by atoms with Gasteiger partial charge in [0.15, 0.2) is 6.10 Å². The number of rotatable bonds is 5. The van der Waals surface area contributed by atoms with E-state index in [2.05, 4.69) is 5.32 Å². The summed E-state index contributed by atoms with van der Waals surface area (Å²) in [6.45, 7) is 1.48. The minimum Gasteiger partial charge on any atom is -0.508 e. The Morgan fingerprint density at radius 2 is 1.74 bits per heavy atom. The van der Waals surface area contributed by atoms with Crippen molar-refractivity contribution in [2.24, 2.45) is 0 Å². The lowest BCUT2D eigenvalue weighted by Crippen LogP contribution is -2.30. The number of aromatic hydroxyl groups is 1. The van der Waals surface area contributed by atoms with Crippen molar-refractivity contribution in [2.75, 3.05) is 12.4 Å². The Kier molecular flexibility index (Phi) is 5.19. The summed E-state index contributed by atoms with van der Waals surface area (Å²) < 4.78 is 10.3. The third kappa shape index (κ3) is 4.23. The number of para-hydroxylation sites is 2. The molecule has 1 amide bonds. The lowest BCUT2D eigenvalue weighted by Gasteiger charge is -2.15. The van der Waals surface area contributed by atoms with Gasteiger partial charge in [0, 0.05) is 0 Å². The van der Waals surface area contributed by atoms with Gasteiger partial charge in [-0.1, -0.05) is 12.1 Å². The van der Waals surface area contributed by atoms with E-state index in [0.29, 0.717) is 11.4 Å². The van der Waals surface area contributed by atoms with E-state index >= 15 is 0 Å². The fourth-order valence-corrected chi connectivity index (χ4v) is 1.86. The average Bonchev–Trinajstić information content (AvgIpc) is 2.55. The number of carbonyl (C=O) groups is 2. The third-order valence-corrected chi connectivity index (χ3v) is 3.12. The minimum absolute atomic E-state index is 0.0449. The summed E-state index contributed by atoms with van der Waals surface area (Å²) in [5, 5.41) is 11.8. The molecule has 0 bridgehead atoms. The smallest absolute Gasteiger partial charge is 0.338 e. The number of nitrogens with one attached hydrogen (secondary N) is 1. The van der Waals surface area contributed by atoms with E-state index in [1.54, 1.807) is 24.3 Å². The highest BCUT2D eigenvalue weighted by atomic mass is 16.5. The molecule has 0 aromatic heterocycles. The molecule has 0 radical (unpaired) electrons. The summed E-state index contributed by atoms with van der Waals surface area (Å²) in [4.78, 5) is 24.1. The maximum absolute atomic E-state index is 12.1. The summed E-state index contributed by atoms with van der Waals surface area (Å²) in [6.07, 6.45) is -0.985. The summed E-state index contributed by atoms with van der Waals surface area (Å²) in [7, 11) is 1.50. The van der Waals surface area contributed by atoms with E-state index in [-0.39, 0.29) is 11.3 Å². The van der Waals surface area contributed by atoms with E-state index in [4.69, 9.17) is 9.47 Å². The molecule has 0 heterocycles. The van der Waals surface area contributed by atoms with Gasteiger partial charge in [0.1, 0.15) is 11.5 Å². The molecule has 0 aliphatic heterocycles. The standard InChI is InChI=1S/C17H17NO5/c1-11(23-17(21)12-7-9-13(19)10-8-12)16(20)18-14-5-3-4-6-15(14)22-2/h3-11,19H,1-2H3,(H,18,20). The number of hydrogen-bond acceptors (Lipinski definition) is 5. The van der Waals surface area contributed by atoms with Crippen LogP contribution in [0.15, 0.2) is 48.5 Å². The van der Waals surface area contributed by atoms with Crippen molar-refractivity contribution in [3.63, 3.8) is 0 Å². The number of benzene rings is 2. The molecule has 2 N–H and O–H groups in total. The number of phenols is 1. The Hall–Kier alpha value is -3.02. The molecule has 120 valence electrons. The molecule has 1 atom stereocenters. The van der Waals surface area contributed by atoms with Crippen LogP contribution in [0, 0.1) is 0 Å². The first-order chi connectivity index (χ1) is 11.0. The highest BCUT2D eigenvalue weighted by Gasteiger charge is 2.20. The first kappa shape index (κ1) is 16.4. The lowest BCUT2D eigenvalue weighted by atomic mass is 10.2. The van der Waals surface area contributed by atoms with Crippen molar-refractivity contribution in [3.05, 3.63) is 54.1 Å². The molecular weight excluding hydrogens is 298 g/mol. The zero-order valence-electron chi connectivity index (χ0n) is 12.8. The van der Waals surface area contributed by atoms with Gasteiger partial charge in [-0.05, 0) is 43.3 Å². The molecular formula is C17H17NO5. The molecule has 2 rings (SSSR count). The Morgan fingerprint density at radius 3 is 2.39 bits per heavy atom. The fraction of sp³-hybridized carbons (Fsp3) is 0.176. The van der Waals surface area contributed by atoms with Gasteiger partial charge in [0.2, 0.25) is 0 Å². The van der Waals surface area contributed by atoms with Gasteiger partial charge in [0.05, 0.1) is 18.4 Å². The Balaban J connectivity index is 1.99. The summed E-state index contributed by atoms with van der Waals surface area (Å²) in [5.41, 5.74) is 0.743. The van der Waals surface area contributed by atoms with Gasteiger partial charge in [-0.25, -0.2) is 4.79 Å². The molecule has 0 fully saturated rings. The number of ether oxygens (including phenoxy) is 2. The molecule has 0 aliphatic carbocycles. The van der Waals surface area contributed by atoms with Crippen LogP contribution in [-0.2, 0) is 9.53 Å². The van der Waals surface area contributed by atoms with E-state index in [0.717, 1.165) is 0 Å². The van der Waals surface area contributed by atoms with Crippen LogP contribution in [0.5, 0.6) is 11.5 Å². The van der Waals surface area contributed by atoms with Crippen LogP contribution in [0.4, 0.5) is 5.69 Å². The molecule has 0 spiro atoms. The molecule has 23 heavy (non-hydrogen) atoms. The average molecular weight is 315 g/mol. The molecule has 2 aromatic rings. The number of carbonyl (C=O) groups excluding carboxylic acids is 2. The highest BCUT2D eigenvalue weighted by Crippen LogP contribution is 2.23. The van der Waals surface area contributed by atoms with Gasteiger partial charge in [0.25, 0.3) is 5.91 Å². The number of hydrogen-bond donors (Lipinski definition) is 2. The van der Waals surface area contributed by atoms with Crippen LogP contribution in [0.3, 0.4) is 0 Å².